The summed E-state index contributed by atoms with van der Waals surface area (Å²) in [5, 5.41) is 9.75. The van der Waals surface area contributed by atoms with Crippen molar-refractivity contribution in [1.29, 1.82) is 0 Å². The summed E-state index contributed by atoms with van der Waals surface area (Å²) < 4.78 is 22.4. The third-order valence-electron chi connectivity index (χ3n) is 3.22. The van der Waals surface area contributed by atoms with Crippen LogP contribution in [0.3, 0.4) is 0 Å². The molecule has 0 radical (unpaired) electrons. The summed E-state index contributed by atoms with van der Waals surface area (Å²) in [6.07, 6.45) is 2.00. The number of nitrogens with zero attached hydrogens (tertiary/aromatic N) is 1. The minimum absolute atomic E-state index is 0.0259. The molecule has 2 heterocycles. The first kappa shape index (κ1) is 14.4. The second kappa shape index (κ2) is 5.58. The molecule has 19 heavy (non-hydrogen) atoms. The first-order valence-corrected chi connectivity index (χ1v) is 8.42. The number of nitrogens with two attached hydrogens (primary N) is 1. The van der Waals surface area contributed by atoms with Crippen LogP contribution in [-0.4, -0.2) is 45.4 Å². The van der Waals surface area contributed by atoms with Gasteiger partial charge in [-0.15, -0.1) is 11.3 Å². The van der Waals surface area contributed by atoms with Crippen molar-refractivity contribution in [2.24, 2.45) is 5.14 Å². The van der Waals surface area contributed by atoms with Crippen LogP contribution in [0.1, 0.15) is 23.2 Å². The van der Waals surface area contributed by atoms with E-state index in [0.717, 1.165) is 24.2 Å². The molecule has 2 rings (SSSR count). The van der Waals surface area contributed by atoms with Crippen molar-refractivity contribution in [3.8, 4) is 0 Å². The number of rotatable bonds is 3. The highest BCUT2D eigenvalue weighted by atomic mass is 32.2. The van der Waals surface area contributed by atoms with Gasteiger partial charge in [-0.1, -0.05) is 0 Å². The highest BCUT2D eigenvalue weighted by Gasteiger charge is 2.25. The molecule has 1 aliphatic rings. The van der Waals surface area contributed by atoms with Crippen molar-refractivity contribution >= 4 is 27.3 Å². The Labute approximate surface area is 116 Å². The molecule has 1 aromatic heterocycles. The standard InChI is InChI=1S/C11H17N3O3S2/c1-13-9-3-2-4-14(6-9)11(15)8-5-10(18-7-8)19(12,16)17/h5,7,9,13H,2-4,6H2,1H3,(H2,12,16,17). The predicted octanol–water partition coefficient (Wildman–Crippen LogP) is 0.219. The van der Waals surface area contributed by atoms with Crippen LogP contribution in [-0.2, 0) is 10.0 Å². The number of nitrogens with one attached hydrogen (secondary N) is 1. The summed E-state index contributed by atoms with van der Waals surface area (Å²) in [5.74, 6) is -0.133. The summed E-state index contributed by atoms with van der Waals surface area (Å²) >= 11 is 0.979. The van der Waals surface area contributed by atoms with Crippen LogP contribution in [0.5, 0.6) is 0 Å². The Balaban J connectivity index is 2.13. The largest absolute Gasteiger partial charge is 0.337 e. The van der Waals surface area contributed by atoms with Gasteiger partial charge in [-0.25, -0.2) is 13.6 Å². The molecule has 6 nitrogen and oxygen atoms in total. The summed E-state index contributed by atoms with van der Waals surface area (Å²) in [6.45, 7) is 1.35. The zero-order valence-electron chi connectivity index (χ0n) is 10.6. The Bertz CT molecular complexity index is 567. The van der Waals surface area contributed by atoms with E-state index >= 15 is 0 Å². The molecule has 0 saturated carbocycles. The quantitative estimate of drug-likeness (QED) is 0.835. The Morgan fingerprint density at radius 3 is 2.89 bits per heavy atom. The average Bonchev–Trinajstić information content (AvgIpc) is 2.87. The van der Waals surface area contributed by atoms with Crippen LogP contribution in [0, 0.1) is 0 Å². The van der Waals surface area contributed by atoms with E-state index in [1.165, 1.54) is 6.07 Å². The zero-order chi connectivity index (χ0) is 14.0. The van der Waals surface area contributed by atoms with Crippen molar-refractivity contribution in [2.45, 2.75) is 23.1 Å². The molecule has 1 saturated heterocycles. The Hall–Kier alpha value is -0.960. The van der Waals surface area contributed by atoms with Gasteiger partial charge in [0.15, 0.2) is 0 Å². The van der Waals surface area contributed by atoms with E-state index < -0.39 is 10.0 Å². The van der Waals surface area contributed by atoms with Crippen molar-refractivity contribution in [2.75, 3.05) is 20.1 Å². The van der Waals surface area contributed by atoms with Gasteiger partial charge in [0.2, 0.25) is 10.0 Å². The second-order valence-corrected chi connectivity index (χ2v) is 7.28. The third-order valence-corrected chi connectivity index (χ3v) is 5.61. The van der Waals surface area contributed by atoms with E-state index in [1.54, 1.807) is 10.3 Å². The van der Waals surface area contributed by atoms with Crippen LogP contribution < -0.4 is 10.5 Å². The number of primary sulfonamides is 1. The van der Waals surface area contributed by atoms with Gasteiger partial charge in [0.25, 0.3) is 5.91 Å². The molecule has 8 heteroatoms. The van der Waals surface area contributed by atoms with Gasteiger partial charge in [-0.2, -0.15) is 0 Å². The lowest BCUT2D eigenvalue weighted by Crippen LogP contribution is -2.46. The normalized spacial score (nSPS) is 20.5. The monoisotopic (exact) mass is 303 g/mol. The minimum Gasteiger partial charge on any atom is -0.337 e. The number of sulfonamides is 1. The Morgan fingerprint density at radius 1 is 1.58 bits per heavy atom. The smallest absolute Gasteiger partial charge is 0.254 e. The summed E-state index contributed by atoms with van der Waals surface area (Å²) in [5.41, 5.74) is 0.394. The van der Waals surface area contributed by atoms with Crippen LogP contribution in [0.25, 0.3) is 0 Å². The van der Waals surface area contributed by atoms with Gasteiger partial charge in [-0.3, -0.25) is 4.79 Å². The lowest BCUT2D eigenvalue weighted by atomic mass is 10.1. The highest BCUT2D eigenvalue weighted by Crippen LogP contribution is 2.21. The second-order valence-electron chi connectivity index (χ2n) is 4.58. The fourth-order valence-corrected chi connectivity index (χ4v) is 3.74. The van der Waals surface area contributed by atoms with E-state index in [2.05, 4.69) is 5.32 Å². The number of carbonyl (C=O) groups excluding carboxylic acids is 1. The minimum atomic E-state index is -3.73. The fourth-order valence-electron chi connectivity index (χ4n) is 2.16. The van der Waals surface area contributed by atoms with Crippen molar-refractivity contribution in [1.82, 2.24) is 10.2 Å². The summed E-state index contributed by atoms with van der Waals surface area (Å²) in [7, 11) is -1.85. The number of thiophene rings is 1. The van der Waals surface area contributed by atoms with E-state index in [-0.39, 0.29) is 10.1 Å². The molecular formula is C11H17N3O3S2. The number of likely N-dealkylation sites (tertiary alicyclic amines) is 1. The maximum atomic E-state index is 12.3. The number of likely N-dealkylation sites (N-methyl/N-ethyl adjacent to an activating group) is 1. The molecule has 0 spiro atoms. The first-order chi connectivity index (χ1) is 8.91. The molecule has 3 N–H and O–H groups in total. The average molecular weight is 303 g/mol. The summed E-state index contributed by atoms with van der Waals surface area (Å²) in [6, 6.07) is 1.65. The first-order valence-electron chi connectivity index (χ1n) is 5.99. The number of carbonyl (C=O) groups is 1. The fraction of sp³-hybridized carbons (Fsp3) is 0.545. The van der Waals surface area contributed by atoms with E-state index in [1.807, 2.05) is 7.05 Å². The molecular weight excluding hydrogens is 286 g/mol. The van der Waals surface area contributed by atoms with Crippen molar-refractivity contribution < 1.29 is 13.2 Å². The van der Waals surface area contributed by atoms with E-state index in [4.69, 9.17) is 5.14 Å². The number of hydrogen-bond donors (Lipinski definition) is 2. The van der Waals surface area contributed by atoms with Crippen LogP contribution >= 0.6 is 11.3 Å². The molecule has 0 aliphatic carbocycles. The lowest BCUT2D eigenvalue weighted by Gasteiger charge is -2.32. The highest BCUT2D eigenvalue weighted by molar-refractivity contribution is 7.91. The number of piperidine rings is 1. The number of hydrogen-bond acceptors (Lipinski definition) is 5. The molecule has 1 atom stereocenters. The zero-order valence-corrected chi connectivity index (χ0v) is 12.3. The van der Waals surface area contributed by atoms with Gasteiger partial charge in [0.1, 0.15) is 4.21 Å². The van der Waals surface area contributed by atoms with Crippen molar-refractivity contribution in [3.05, 3.63) is 17.0 Å². The topological polar surface area (TPSA) is 92.5 Å². The van der Waals surface area contributed by atoms with Gasteiger partial charge in [0, 0.05) is 24.5 Å². The van der Waals surface area contributed by atoms with E-state index in [9.17, 15) is 13.2 Å². The van der Waals surface area contributed by atoms with Gasteiger partial charge < -0.3 is 10.2 Å². The van der Waals surface area contributed by atoms with Gasteiger partial charge >= 0.3 is 0 Å². The SMILES string of the molecule is CNC1CCCN(C(=O)c2csc(S(N)(=O)=O)c2)C1. The molecule has 1 unspecified atom stereocenters. The molecule has 0 bridgehead atoms. The summed E-state index contributed by atoms with van der Waals surface area (Å²) in [4.78, 5) is 14.0. The molecule has 1 fully saturated rings. The van der Waals surface area contributed by atoms with Crippen LogP contribution in [0.2, 0.25) is 0 Å². The Morgan fingerprint density at radius 2 is 2.32 bits per heavy atom. The molecule has 1 aromatic rings. The molecule has 0 aromatic carbocycles. The maximum absolute atomic E-state index is 12.3. The molecule has 1 aliphatic heterocycles. The van der Waals surface area contributed by atoms with Gasteiger partial charge in [-0.05, 0) is 26.0 Å². The lowest BCUT2D eigenvalue weighted by molar-refractivity contribution is 0.0698. The molecule has 106 valence electrons. The number of amides is 1. The third kappa shape index (κ3) is 3.33. The Kier molecular flexibility index (Phi) is 4.24. The van der Waals surface area contributed by atoms with Gasteiger partial charge in [0.05, 0.1) is 5.56 Å². The van der Waals surface area contributed by atoms with Crippen molar-refractivity contribution in [3.63, 3.8) is 0 Å². The maximum Gasteiger partial charge on any atom is 0.254 e. The van der Waals surface area contributed by atoms with Crippen LogP contribution in [0.15, 0.2) is 15.7 Å². The predicted molar refractivity (Wildman–Crippen MR) is 73.7 cm³/mol. The van der Waals surface area contributed by atoms with E-state index in [0.29, 0.717) is 24.7 Å². The van der Waals surface area contributed by atoms with Crippen LogP contribution in [0.4, 0.5) is 0 Å². The molecule has 1 amide bonds.